The van der Waals surface area contributed by atoms with Gasteiger partial charge in [-0.15, -0.1) is 11.8 Å². The Morgan fingerprint density at radius 1 is 1.17 bits per heavy atom. The number of hydrogen-bond donors (Lipinski definition) is 2. The SMILES string of the molecule is CC(=O)Nc1ccc(S(=O)(=O)N2CCC(NC(=O)CN3CSCC3=O)CC2)cc1. The highest BCUT2D eigenvalue weighted by atomic mass is 32.2. The lowest BCUT2D eigenvalue weighted by Gasteiger charge is -2.32. The lowest BCUT2D eigenvalue weighted by Crippen LogP contribution is -2.48. The van der Waals surface area contributed by atoms with Gasteiger partial charge < -0.3 is 15.5 Å². The zero-order valence-corrected chi connectivity index (χ0v) is 17.7. The van der Waals surface area contributed by atoms with Crippen LogP contribution in [0.25, 0.3) is 0 Å². The third-order valence-electron chi connectivity index (χ3n) is 4.79. The van der Waals surface area contributed by atoms with Crippen LogP contribution in [0.1, 0.15) is 19.8 Å². The predicted octanol–water partition coefficient (Wildman–Crippen LogP) is 0.447. The first kappa shape index (κ1) is 21.6. The van der Waals surface area contributed by atoms with Crippen molar-refractivity contribution >= 4 is 45.2 Å². The normalized spacial score (nSPS) is 18.7. The molecule has 0 aromatic heterocycles. The molecule has 2 fully saturated rings. The van der Waals surface area contributed by atoms with Crippen LogP contribution in [-0.2, 0) is 24.4 Å². The number of carbonyl (C=O) groups is 3. The predicted molar refractivity (Wildman–Crippen MR) is 110 cm³/mol. The molecule has 3 rings (SSSR count). The Labute approximate surface area is 174 Å². The smallest absolute Gasteiger partial charge is 0.243 e. The van der Waals surface area contributed by atoms with E-state index in [9.17, 15) is 22.8 Å². The van der Waals surface area contributed by atoms with Crippen molar-refractivity contribution < 1.29 is 22.8 Å². The Bertz CT molecular complexity index is 880. The maximum Gasteiger partial charge on any atom is 0.243 e. The molecule has 1 aromatic rings. The minimum absolute atomic E-state index is 0.0319. The van der Waals surface area contributed by atoms with E-state index in [0.29, 0.717) is 43.2 Å². The van der Waals surface area contributed by atoms with E-state index < -0.39 is 10.0 Å². The van der Waals surface area contributed by atoms with E-state index in [1.54, 1.807) is 12.1 Å². The standard InChI is InChI=1S/C18H24N4O5S2/c1-13(23)19-14-2-4-16(5-3-14)29(26,27)22-8-6-15(7-9-22)20-17(24)10-21-12-28-11-18(21)25/h2-5,15H,6-12H2,1H3,(H,19,23)(H,20,24). The zero-order valence-electron chi connectivity index (χ0n) is 16.1. The Kier molecular flexibility index (Phi) is 6.81. The van der Waals surface area contributed by atoms with Crippen molar-refractivity contribution in [1.82, 2.24) is 14.5 Å². The molecule has 2 aliphatic rings. The number of nitrogens with one attached hydrogen (secondary N) is 2. The van der Waals surface area contributed by atoms with E-state index in [4.69, 9.17) is 0 Å². The van der Waals surface area contributed by atoms with Crippen molar-refractivity contribution in [3.63, 3.8) is 0 Å². The van der Waals surface area contributed by atoms with Gasteiger partial charge in [0.1, 0.15) is 6.54 Å². The summed E-state index contributed by atoms with van der Waals surface area (Å²) in [5, 5.41) is 5.50. The van der Waals surface area contributed by atoms with E-state index in [-0.39, 0.29) is 35.2 Å². The van der Waals surface area contributed by atoms with Crippen LogP contribution in [0, 0.1) is 0 Å². The highest BCUT2D eigenvalue weighted by Crippen LogP contribution is 2.22. The molecular formula is C18H24N4O5S2. The molecule has 0 bridgehead atoms. The van der Waals surface area contributed by atoms with Gasteiger partial charge in [0.15, 0.2) is 0 Å². The third-order valence-corrected chi connectivity index (χ3v) is 7.65. The lowest BCUT2D eigenvalue weighted by molar-refractivity contribution is -0.132. The lowest BCUT2D eigenvalue weighted by atomic mass is 10.1. The molecule has 29 heavy (non-hydrogen) atoms. The molecule has 0 spiro atoms. The summed E-state index contributed by atoms with van der Waals surface area (Å²) in [5.74, 6) is 0.475. The number of hydrogen-bond acceptors (Lipinski definition) is 6. The molecule has 0 unspecified atom stereocenters. The van der Waals surface area contributed by atoms with Crippen LogP contribution in [0.2, 0.25) is 0 Å². The van der Waals surface area contributed by atoms with Gasteiger partial charge in [0.2, 0.25) is 27.7 Å². The maximum atomic E-state index is 12.8. The summed E-state index contributed by atoms with van der Waals surface area (Å²) in [5.41, 5.74) is 0.535. The van der Waals surface area contributed by atoms with Crippen LogP contribution < -0.4 is 10.6 Å². The first-order valence-electron chi connectivity index (χ1n) is 9.28. The summed E-state index contributed by atoms with van der Waals surface area (Å²) in [6.07, 6.45) is 1.02. The second kappa shape index (κ2) is 9.14. The molecule has 9 nitrogen and oxygen atoms in total. The van der Waals surface area contributed by atoms with Gasteiger partial charge in [0, 0.05) is 31.7 Å². The molecule has 1 aromatic carbocycles. The molecule has 2 saturated heterocycles. The third kappa shape index (κ3) is 5.49. The monoisotopic (exact) mass is 440 g/mol. The van der Waals surface area contributed by atoms with Crippen molar-refractivity contribution in [3.05, 3.63) is 24.3 Å². The number of thioether (sulfide) groups is 1. The van der Waals surface area contributed by atoms with Gasteiger partial charge in [-0.2, -0.15) is 4.31 Å². The molecule has 0 atom stereocenters. The summed E-state index contributed by atoms with van der Waals surface area (Å²) in [7, 11) is -3.63. The number of piperidine rings is 1. The van der Waals surface area contributed by atoms with Crippen molar-refractivity contribution in [2.75, 3.05) is 36.6 Å². The number of benzene rings is 1. The molecular weight excluding hydrogens is 416 g/mol. The van der Waals surface area contributed by atoms with Crippen LogP contribution in [0.4, 0.5) is 5.69 Å². The summed E-state index contributed by atoms with van der Waals surface area (Å²) in [6.45, 7) is 2.04. The number of anilines is 1. The summed E-state index contributed by atoms with van der Waals surface area (Å²) < 4.78 is 27.0. The summed E-state index contributed by atoms with van der Waals surface area (Å²) >= 11 is 1.49. The van der Waals surface area contributed by atoms with Gasteiger partial charge in [-0.1, -0.05) is 0 Å². The Morgan fingerprint density at radius 2 is 1.83 bits per heavy atom. The minimum Gasteiger partial charge on any atom is -0.352 e. The van der Waals surface area contributed by atoms with Crippen molar-refractivity contribution in [1.29, 1.82) is 0 Å². The second-order valence-corrected chi connectivity index (χ2v) is 9.91. The van der Waals surface area contributed by atoms with Crippen molar-refractivity contribution in [3.8, 4) is 0 Å². The molecule has 2 heterocycles. The van der Waals surface area contributed by atoms with Crippen LogP contribution in [0.5, 0.6) is 0 Å². The number of sulfonamides is 1. The van der Waals surface area contributed by atoms with Crippen molar-refractivity contribution in [2.24, 2.45) is 0 Å². The van der Waals surface area contributed by atoms with Crippen LogP contribution >= 0.6 is 11.8 Å². The van der Waals surface area contributed by atoms with E-state index in [1.165, 1.54) is 40.0 Å². The molecule has 11 heteroatoms. The highest BCUT2D eigenvalue weighted by Gasteiger charge is 2.30. The van der Waals surface area contributed by atoms with Gasteiger partial charge >= 0.3 is 0 Å². The first-order chi connectivity index (χ1) is 13.8. The fourth-order valence-electron chi connectivity index (χ4n) is 3.29. The van der Waals surface area contributed by atoms with Crippen LogP contribution in [-0.4, -0.2) is 72.7 Å². The summed E-state index contributed by atoms with van der Waals surface area (Å²) in [6, 6.07) is 5.94. The molecule has 0 aliphatic carbocycles. The van der Waals surface area contributed by atoms with Gasteiger partial charge in [-0.3, -0.25) is 14.4 Å². The fraction of sp³-hybridized carbons (Fsp3) is 0.500. The molecule has 2 aliphatic heterocycles. The Morgan fingerprint density at radius 3 is 2.38 bits per heavy atom. The van der Waals surface area contributed by atoms with Crippen LogP contribution in [0.15, 0.2) is 29.2 Å². The van der Waals surface area contributed by atoms with E-state index in [1.807, 2.05) is 0 Å². The molecule has 0 radical (unpaired) electrons. The first-order valence-corrected chi connectivity index (χ1v) is 11.9. The molecule has 158 valence electrons. The second-order valence-electron chi connectivity index (χ2n) is 7.02. The van der Waals surface area contributed by atoms with Gasteiger partial charge in [0.05, 0.1) is 16.5 Å². The van der Waals surface area contributed by atoms with E-state index >= 15 is 0 Å². The molecule has 3 amide bonds. The van der Waals surface area contributed by atoms with E-state index in [2.05, 4.69) is 10.6 Å². The van der Waals surface area contributed by atoms with Crippen LogP contribution in [0.3, 0.4) is 0 Å². The topological polar surface area (TPSA) is 116 Å². The maximum absolute atomic E-state index is 12.8. The molecule has 2 N–H and O–H groups in total. The Balaban J connectivity index is 1.52. The Hall–Kier alpha value is -2.11. The quantitative estimate of drug-likeness (QED) is 0.664. The number of carbonyl (C=O) groups excluding carboxylic acids is 3. The average Bonchev–Trinajstić information content (AvgIpc) is 3.06. The van der Waals surface area contributed by atoms with Gasteiger partial charge in [-0.25, -0.2) is 8.42 Å². The largest absolute Gasteiger partial charge is 0.352 e. The molecule has 0 saturated carbocycles. The number of amides is 3. The zero-order chi connectivity index (χ0) is 21.0. The number of rotatable bonds is 6. The average molecular weight is 441 g/mol. The highest BCUT2D eigenvalue weighted by molar-refractivity contribution is 8.00. The van der Waals surface area contributed by atoms with Gasteiger partial charge in [0.25, 0.3) is 0 Å². The fourth-order valence-corrected chi connectivity index (χ4v) is 5.66. The number of nitrogens with zero attached hydrogens (tertiary/aromatic N) is 2. The van der Waals surface area contributed by atoms with Crippen molar-refractivity contribution in [2.45, 2.75) is 30.7 Å². The summed E-state index contributed by atoms with van der Waals surface area (Å²) in [4.78, 5) is 36.5. The minimum atomic E-state index is -3.63. The van der Waals surface area contributed by atoms with Gasteiger partial charge in [-0.05, 0) is 37.1 Å². The van der Waals surface area contributed by atoms with E-state index in [0.717, 1.165) is 0 Å².